The molecule has 1 aliphatic carbocycles. The zero-order chi connectivity index (χ0) is 11.4. The van der Waals surface area contributed by atoms with E-state index < -0.39 is 0 Å². The van der Waals surface area contributed by atoms with Crippen molar-refractivity contribution in [1.82, 2.24) is 4.98 Å². The molecule has 0 saturated heterocycles. The summed E-state index contributed by atoms with van der Waals surface area (Å²) in [5.74, 6) is 1.33. The van der Waals surface area contributed by atoms with E-state index in [1.165, 1.54) is 32.1 Å². The third-order valence-corrected chi connectivity index (χ3v) is 3.54. The van der Waals surface area contributed by atoms with Crippen LogP contribution in [0.15, 0.2) is 18.3 Å². The number of pyridine rings is 1. The van der Waals surface area contributed by atoms with Gasteiger partial charge in [0.25, 0.3) is 0 Å². The Morgan fingerprint density at radius 3 is 2.94 bits per heavy atom. The molecule has 3 nitrogen and oxygen atoms in total. The SMILES string of the molecule is CC1CCCCCC1Nc1cccnc1N. The molecule has 1 heterocycles. The molecule has 1 aliphatic rings. The summed E-state index contributed by atoms with van der Waals surface area (Å²) in [5.41, 5.74) is 6.84. The van der Waals surface area contributed by atoms with Crippen molar-refractivity contribution < 1.29 is 0 Å². The summed E-state index contributed by atoms with van der Waals surface area (Å²) in [6.07, 6.45) is 8.35. The molecule has 0 bridgehead atoms. The van der Waals surface area contributed by atoms with Crippen LogP contribution in [0.1, 0.15) is 39.0 Å². The van der Waals surface area contributed by atoms with Gasteiger partial charge in [0.2, 0.25) is 0 Å². The molecule has 3 N–H and O–H groups in total. The molecular formula is C13H21N3. The molecule has 1 saturated carbocycles. The summed E-state index contributed by atoms with van der Waals surface area (Å²) in [4.78, 5) is 4.11. The lowest BCUT2D eigenvalue weighted by molar-refractivity contribution is 0.457. The number of nitrogens with zero attached hydrogens (tertiary/aromatic N) is 1. The van der Waals surface area contributed by atoms with Gasteiger partial charge in [-0.15, -0.1) is 0 Å². The number of nitrogens with one attached hydrogen (secondary N) is 1. The number of rotatable bonds is 2. The van der Waals surface area contributed by atoms with Crippen LogP contribution in [0.3, 0.4) is 0 Å². The molecule has 2 rings (SSSR count). The van der Waals surface area contributed by atoms with Crippen LogP contribution in [0.25, 0.3) is 0 Å². The highest BCUT2D eigenvalue weighted by Gasteiger charge is 2.20. The van der Waals surface area contributed by atoms with Crippen LogP contribution in [-0.4, -0.2) is 11.0 Å². The second-order valence-corrected chi connectivity index (χ2v) is 4.80. The van der Waals surface area contributed by atoms with Crippen molar-refractivity contribution in [3.63, 3.8) is 0 Å². The fraction of sp³-hybridized carbons (Fsp3) is 0.615. The maximum Gasteiger partial charge on any atom is 0.146 e. The molecule has 0 amide bonds. The van der Waals surface area contributed by atoms with Crippen LogP contribution in [0, 0.1) is 5.92 Å². The van der Waals surface area contributed by atoms with E-state index in [2.05, 4.69) is 17.2 Å². The monoisotopic (exact) mass is 219 g/mol. The first-order valence-corrected chi connectivity index (χ1v) is 6.24. The average molecular weight is 219 g/mol. The van der Waals surface area contributed by atoms with E-state index in [0.717, 1.165) is 11.6 Å². The first kappa shape index (κ1) is 11.2. The highest BCUT2D eigenvalue weighted by atomic mass is 15.0. The summed E-state index contributed by atoms with van der Waals surface area (Å²) in [6, 6.07) is 4.49. The van der Waals surface area contributed by atoms with E-state index in [0.29, 0.717) is 11.9 Å². The third kappa shape index (κ3) is 2.65. The standard InChI is InChI=1S/C13H21N3/c1-10-6-3-2-4-7-11(10)16-12-8-5-9-15-13(12)14/h5,8-11,16H,2-4,6-7H2,1H3,(H2,14,15). The van der Waals surface area contributed by atoms with E-state index in [1.54, 1.807) is 6.20 Å². The van der Waals surface area contributed by atoms with Crippen LogP contribution >= 0.6 is 0 Å². The number of nitrogen functional groups attached to an aromatic ring is 1. The van der Waals surface area contributed by atoms with Gasteiger partial charge in [0.15, 0.2) is 0 Å². The van der Waals surface area contributed by atoms with Gasteiger partial charge in [-0.2, -0.15) is 0 Å². The van der Waals surface area contributed by atoms with Gasteiger partial charge < -0.3 is 11.1 Å². The highest BCUT2D eigenvalue weighted by Crippen LogP contribution is 2.27. The quantitative estimate of drug-likeness (QED) is 0.752. The van der Waals surface area contributed by atoms with Crippen molar-refractivity contribution in [3.05, 3.63) is 18.3 Å². The normalized spacial score (nSPS) is 26.1. The van der Waals surface area contributed by atoms with Crippen molar-refractivity contribution in [3.8, 4) is 0 Å². The van der Waals surface area contributed by atoms with Gasteiger partial charge in [-0.05, 0) is 30.9 Å². The van der Waals surface area contributed by atoms with Gasteiger partial charge in [0.1, 0.15) is 5.82 Å². The van der Waals surface area contributed by atoms with Gasteiger partial charge in [-0.25, -0.2) is 4.98 Å². The molecule has 0 aromatic carbocycles. The Morgan fingerprint density at radius 2 is 2.12 bits per heavy atom. The molecular weight excluding hydrogens is 198 g/mol. The van der Waals surface area contributed by atoms with Gasteiger partial charge in [0, 0.05) is 12.2 Å². The summed E-state index contributed by atoms with van der Waals surface area (Å²) in [7, 11) is 0. The smallest absolute Gasteiger partial charge is 0.146 e. The highest BCUT2D eigenvalue weighted by molar-refractivity contribution is 5.61. The molecule has 1 aromatic rings. The summed E-state index contributed by atoms with van der Waals surface area (Å²) in [6.45, 7) is 2.33. The first-order valence-electron chi connectivity index (χ1n) is 6.24. The van der Waals surface area contributed by atoms with E-state index in [1.807, 2.05) is 12.1 Å². The predicted molar refractivity (Wildman–Crippen MR) is 68.3 cm³/mol. The topological polar surface area (TPSA) is 50.9 Å². The Hall–Kier alpha value is -1.25. The molecule has 2 atom stereocenters. The minimum absolute atomic E-state index is 0.550. The fourth-order valence-electron chi connectivity index (χ4n) is 2.45. The first-order chi connectivity index (χ1) is 7.77. The third-order valence-electron chi connectivity index (χ3n) is 3.54. The molecule has 0 spiro atoms. The Balaban J connectivity index is 2.05. The molecule has 3 heteroatoms. The number of aromatic nitrogens is 1. The van der Waals surface area contributed by atoms with E-state index in [4.69, 9.17) is 5.73 Å². The average Bonchev–Trinajstić information content (AvgIpc) is 2.48. The summed E-state index contributed by atoms with van der Waals surface area (Å²) in [5, 5.41) is 3.55. The van der Waals surface area contributed by atoms with E-state index in [-0.39, 0.29) is 0 Å². The maximum atomic E-state index is 5.85. The largest absolute Gasteiger partial charge is 0.382 e. The molecule has 0 radical (unpaired) electrons. The lowest BCUT2D eigenvalue weighted by Crippen LogP contribution is -2.26. The molecule has 2 unspecified atom stereocenters. The number of anilines is 2. The molecule has 1 aromatic heterocycles. The van der Waals surface area contributed by atoms with E-state index >= 15 is 0 Å². The molecule has 1 fully saturated rings. The van der Waals surface area contributed by atoms with Crippen LogP contribution in [0.4, 0.5) is 11.5 Å². The second kappa shape index (κ2) is 5.19. The van der Waals surface area contributed by atoms with Crippen LogP contribution in [-0.2, 0) is 0 Å². The molecule has 16 heavy (non-hydrogen) atoms. The van der Waals surface area contributed by atoms with Crippen LogP contribution < -0.4 is 11.1 Å². The maximum absolute atomic E-state index is 5.85. The zero-order valence-electron chi connectivity index (χ0n) is 9.95. The Labute approximate surface area is 97.5 Å². The van der Waals surface area contributed by atoms with Crippen molar-refractivity contribution >= 4 is 11.5 Å². The van der Waals surface area contributed by atoms with Gasteiger partial charge >= 0.3 is 0 Å². The van der Waals surface area contributed by atoms with Crippen molar-refractivity contribution in [1.29, 1.82) is 0 Å². The zero-order valence-corrected chi connectivity index (χ0v) is 9.95. The fourth-order valence-corrected chi connectivity index (χ4v) is 2.45. The summed E-state index contributed by atoms with van der Waals surface area (Å²) < 4.78 is 0. The van der Waals surface area contributed by atoms with Gasteiger partial charge in [-0.1, -0.05) is 26.2 Å². The van der Waals surface area contributed by atoms with Crippen molar-refractivity contribution in [2.24, 2.45) is 5.92 Å². The van der Waals surface area contributed by atoms with Crippen LogP contribution in [0.5, 0.6) is 0 Å². The van der Waals surface area contributed by atoms with Crippen LogP contribution in [0.2, 0.25) is 0 Å². The van der Waals surface area contributed by atoms with Gasteiger partial charge in [0.05, 0.1) is 5.69 Å². The predicted octanol–water partition coefficient (Wildman–Crippen LogP) is 3.04. The number of hydrogen-bond acceptors (Lipinski definition) is 3. The minimum Gasteiger partial charge on any atom is -0.382 e. The Kier molecular flexibility index (Phi) is 3.65. The number of hydrogen-bond donors (Lipinski definition) is 2. The Morgan fingerprint density at radius 1 is 1.31 bits per heavy atom. The van der Waals surface area contributed by atoms with Crippen molar-refractivity contribution in [2.75, 3.05) is 11.1 Å². The minimum atomic E-state index is 0.550. The van der Waals surface area contributed by atoms with Gasteiger partial charge in [-0.3, -0.25) is 0 Å². The Bertz CT molecular complexity index is 338. The molecule has 0 aliphatic heterocycles. The van der Waals surface area contributed by atoms with E-state index in [9.17, 15) is 0 Å². The molecule has 88 valence electrons. The second-order valence-electron chi connectivity index (χ2n) is 4.80. The number of nitrogens with two attached hydrogens (primary N) is 1. The summed E-state index contributed by atoms with van der Waals surface area (Å²) >= 11 is 0. The lowest BCUT2D eigenvalue weighted by atomic mass is 9.97. The lowest BCUT2D eigenvalue weighted by Gasteiger charge is -2.24. The van der Waals surface area contributed by atoms with Crippen molar-refractivity contribution in [2.45, 2.75) is 45.1 Å².